The Morgan fingerprint density at radius 3 is 2.53 bits per heavy atom. The fourth-order valence-corrected chi connectivity index (χ4v) is 4.21. The smallest absolute Gasteiger partial charge is 0.410 e. The van der Waals surface area contributed by atoms with Gasteiger partial charge in [-0.05, 0) is 69.5 Å². The molecule has 180 valence electrons. The van der Waals surface area contributed by atoms with E-state index in [0.717, 1.165) is 0 Å². The number of halogens is 1. The molecule has 1 atom stereocenters. The van der Waals surface area contributed by atoms with Crippen LogP contribution < -0.4 is 5.69 Å². The first-order valence-corrected chi connectivity index (χ1v) is 11.3. The van der Waals surface area contributed by atoms with Crippen molar-refractivity contribution in [1.29, 1.82) is 0 Å². The predicted octanol–water partition coefficient (Wildman–Crippen LogP) is 3.59. The summed E-state index contributed by atoms with van der Waals surface area (Å²) in [5.41, 5.74) is 0.782. The van der Waals surface area contributed by atoms with Crippen LogP contribution in [0.2, 0.25) is 5.28 Å². The molecule has 0 N–H and O–H groups in total. The van der Waals surface area contributed by atoms with Gasteiger partial charge in [0.05, 0.1) is 30.6 Å². The molecule has 0 aliphatic carbocycles. The highest BCUT2D eigenvalue weighted by atomic mass is 35.5. The Balaban J connectivity index is 1.76. The number of nitrogens with zero attached hydrogens (tertiary/aromatic N) is 5. The van der Waals surface area contributed by atoms with Gasteiger partial charge < -0.3 is 14.4 Å². The van der Waals surface area contributed by atoms with E-state index in [9.17, 15) is 14.4 Å². The van der Waals surface area contributed by atoms with Crippen LogP contribution in [0.5, 0.6) is 0 Å². The lowest BCUT2D eigenvalue weighted by molar-refractivity contribution is 0.0172. The standard InChI is InChI=1S/C23H26ClN5O5/c1-23(2,3)34-22(32)27-11-5-6-16(13-27)29-18-17(12-25-20(24)26-18)28(21(29)31)15-9-7-14(8-10-15)19(30)33-4/h7-10,12,16H,5-6,11,13H2,1-4H3/t16-/m0/s1. The van der Waals surface area contributed by atoms with Gasteiger partial charge in [0.1, 0.15) is 11.1 Å². The number of esters is 1. The first-order chi connectivity index (χ1) is 16.1. The third kappa shape index (κ3) is 4.63. The van der Waals surface area contributed by atoms with Gasteiger partial charge in [-0.15, -0.1) is 0 Å². The van der Waals surface area contributed by atoms with E-state index >= 15 is 0 Å². The summed E-state index contributed by atoms with van der Waals surface area (Å²) in [5.74, 6) is -0.471. The first-order valence-electron chi connectivity index (χ1n) is 10.9. The molecule has 3 aromatic rings. The number of likely N-dealkylation sites (tertiary alicyclic amines) is 1. The molecule has 0 unspecified atom stereocenters. The number of fused-ring (bicyclic) bond motifs is 1. The van der Waals surface area contributed by atoms with Gasteiger partial charge in [-0.1, -0.05) is 0 Å². The van der Waals surface area contributed by atoms with Gasteiger partial charge in [0, 0.05) is 13.1 Å². The molecule has 4 rings (SSSR count). The van der Waals surface area contributed by atoms with E-state index in [1.807, 2.05) is 20.8 Å². The number of carbonyl (C=O) groups is 2. The highest BCUT2D eigenvalue weighted by Crippen LogP contribution is 2.27. The van der Waals surface area contributed by atoms with Crippen molar-refractivity contribution in [2.75, 3.05) is 20.2 Å². The van der Waals surface area contributed by atoms with E-state index in [4.69, 9.17) is 21.1 Å². The summed E-state index contributed by atoms with van der Waals surface area (Å²) in [6.07, 6.45) is 2.46. The number of hydrogen-bond donors (Lipinski definition) is 0. The van der Waals surface area contributed by atoms with Crippen LogP contribution in [0.25, 0.3) is 16.9 Å². The van der Waals surface area contributed by atoms with Crippen LogP contribution >= 0.6 is 11.6 Å². The SMILES string of the molecule is COC(=O)c1ccc(-n2c(=O)n([C@H]3CCCN(C(=O)OC(C)(C)C)C3)c3nc(Cl)ncc32)cc1. The van der Waals surface area contributed by atoms with Crippen molar-refractivity contribution >= 4 is 34.8 Å². The predicted molar refractivity (Wildman–Crippen MR) is 126 cm³/mol. The lowest BCUT2D eigenvalue weighted by atomic mass is 10.1. The number of ether oxygens (including phenoxy) is 2. The molecule has 0 spiro atoms. The summed E-state index contributed by atoms with van der Waals surface area (Å²) in [6.45, 7) is 6.29. The van der Waals surface area contributed by atoms with Crippen LogP contribution in [0.15, 0.2) is 35.3 Å². The van der Waals surface area contributed by atoms with Crippen molar-refractivity contribution in [1.82, 2.24) is 24.0 Å². The van der Waals surface area contributed by atoms with Gasteiger partial charge in [0.25, 0.3) is 0 Å². The zero-order valence-electron chi connectivity index (χ0n) is 19.4. The Bertz CT molecular complexity index is 1290. The first kappa shape index (κ1) is 23.7. The van der Waals surface area contributed by atoms with Crippen molar-refractivity contribution in [2.24, 2.45) is 0 Å². The molecule has 11 heteroatoms. The fourth-order valence-electron chi connectivity index (χ4n) is 4.08. The largest absolute Gasteiger partial charge is 0.465 e. The second-order valence-electron chi connectivity index (χ2n) is 9.10. The summed E-state index contributed by atoms with van der Waals surface area (Å²) in [6, 6.07) is 6.15. The number of amides is 1. The van der Waals surface area contributed by atoms with Crippen LogP contribution in [-0.2, 0) is 9.47 Å². The number of benzene rings is 1. The highest BCUT2D eigenvalue weighted by molar-refractivity contribution is 6.28. The number of imidazole rings is 1. The molecule has 1 amide bonds. The number of methoxy groups -OCH3 is 1. The van der Waals surface area contributed by atoms with E-state index in [2.05, 4.69) is 9.97 Å². The lowest BCUT2D eigenvalue weighted by Gasteiger charge is -2.34. The molecule has 34 heavy (non-hydrogen) atoms. The molecule has 1 fully saturated rings. The average Bonchev–Trinajstić information content (AvgIpc) is 3.08. The maximum atomic E-state index is 13.7. The Hall–Kier alpha value is -3.40. The number of aromatic nitrogens is 4. The molecule has 1 aliphatic rings. The molecule has 10 nitrogen and oxygen atoms in total. The minimum absolute atomic E-state index is 0.0132. The maximum Gasteiger partial charge on any atom is 0.410 e. The fraction of sp³-hybridized carbons (Fsp3) is 0.435. The quantitative estimate of drug-likeness (QED) is 0.410. The molecule has 0 saturated carbocycles. The second-order valence-corrected chi connectivity index (χ2v) is 9.43. The molecule has 3 heterocycles. The van der Waals surface area contributed by atoms with Crippen molar-refractivity contribution in [2.45, 2.75) is 45.3 Å². The van der Waals surface area contributed by atoms with Crippen LogP contribution in [-0.4, -0.2) is 61.9 Å². The molecule has 1 saturated heterocycles. The van der Waals surface area contributed by atoms with Gasteiger partial charge >= 0.3 is 17.8 Å². The summed E-state index contributed by atoms with van der Waals surface area (Å²) >= 11 is 6.08. The molecule has 0 bridgehead atoms. The van der Waals surface area contributed by atoms with Crippen molar-refractivity contribution < 1.29 is 19.1 Å². The minimum atomic E-state index is -0.617. The summed E-state index contributed by atoms with van der Waals surface area (Å²) in [7, 11) is 1.31. The van der Waals surface area contributed by atoms with Crippen molar-refractivity contribution in [3.63, 3.8) is 0 Å². The van der Waals surface area contributed by atoms with Gasteiger partial charge in [0.2, 0.25) is 5.28 Å². The molecule has 1 aliphatic heterocycles. The monoisotopic (exact) mass is 487 g/mol. The molecule has 2 aromatic heterocycles. The van der Waals surface area contributed by atoms with Crippen LogP contribution in [0.3, 0.4) is 0 Å². The third-order valence-corrected chi connectivity index (χ3v) is 5.73. The number of piperidine rings is 1. The number of carbonyl (C=O) groups excluding carboxylic acids is 2. The third-order valence-electron chi connectivity index (χ3n) is 5.55. The van der Waals surface area contributed by atoms with Crippen LogP contribution in [0.4, 0.5) is 4.79 Å². The molecule has 0 radical (unpaired) electrons. The molecule has 1 aromatic carbocycles. The second kappa shape index (κ2) is 9.09. The average molecular weight is 488 g/mol. The lowest BCUT2D eigenvalue weighted by Crippen LogP contribution is -2.45. The number of rotatable bonds is 3. The van der Waals surface area contributed by atoms with Crippen LogP contribution in [0, 0.1) is 0 Å². The topological polar surface area (TPSA) is 109 Å². The Labute approximate surface area is 201 Å². The zero-order chi connectivity index (χ0) is 24.6. The summed E-state index contributed by atoms with van der Waals surface area (Å²) < 4.78 is 13.3. The zero-order valence-corrected chi connectivity index (χ0v) is 20.2. The molecular weight excluding hydrogens is 462 g/mol. The van der Waals surface area contributed by atoms with Crippen LogP contribution in [0.1, 0.15) is 50.0 Å². The Kier molecular flexibility index (Phi) is 6.35. The van der Waals surface area contributed by atoms with Crippen molar-refractivity contribution in [3.05, 3.63) is 51.8 Å². The van der Waals surface area contributed by atoms with E-state index in [1.165, 1.54) is 17.9 Å². The van der Waals surface area contributed by atoms with E-state index in [0.29, 0.717) is 48.3 Å². The summed E-state index contributed by atoms with van der Waals surface area (Å²) in [4.78, 5) is 48.1. The highest BCUT2D eigenvalue weighted by Gasteiger charge is 2.31. The van der Waals surface area contributed by atoms with Gasteiger partial charge in [0.15, 0.2) is 5.65 Å². The van der Waals surface area contributed by atoms with E-state index in [1.54, 1.807) is 33.7 Å². The van der Waals surface area contributed by atoms with Gasteiger partial charge in [-0.3, -0.25) is 9.13 Å². The van der Waals surface area contributed by atoms with Gasteiger partial charge in [-0.2, -0.15) is 4.98 Å². The Morgan fingerprint density at radius 1 is 1.18 bits per heavy atom. The Morgan fingerprint density at radius 2 is 1.88 bits per heavy atom. The van der Waals surface area contributed by atoms with E-state index < -0.39 is 17.7 Å². The maximum absolute atomic E-state index is 13.7. The van der Waals surface area contributed by atoms with Gasteiger partial charge in [-0.25, -0.2) is 19.4 Å². The van der Waals surface area contributed by atoms with E-state index in [-0.39, 0.29) is 17.0 Å². The summed E-state index contributed by atoms with van der Waals surface area (Å²) in [5, 5.41) is 0.0132. The molecular formula is C23H26ClN5O5. The normalized spacial score (nSPS) is 16.5. The minimum Gasteiger partial charge on any atom is -0.465 e. The van der Waals surface area contributed by atoms with Crippen molar-refractivity contribution in [3.8, 4) is 5.69 Å². The number of hydrogen-bond acceptors (Lipinski definition) is 7.